The van der Waals surface area contributed by atoms with Crippen LogP contribution in [0.15, 0.2) is 5.16 Å². The Morgan fingerprint density at radius 1 is 1.23 bits per heavy atom. The second-order valence-electron chi connectivity index (χ2n) is 9.48. The van der Waals surface area contributed by atoms with Gasteiger partial charge >= 0.3 is 0 Å². The Morgan fingerprint density at radius 2 is 1.97 bits per heavy atom. The van der Waals surface area contributed by atoms with Gasteiger partial charge < -0.3 is 14.5 Å². The van der Waals surface area contributed by atoms with Crippen LogP contribution in [0.3, 0.4) is 0 Å². The number of anilines is 1. The van der Waals surface area contributed by atoms with Crippen LogP contribution in [0.5, 0.6) is 5.88 Å². The van der Waals surface area contributed by atoms with Gasteiger partial charge in [-0.25, -0.2) is 14.4 Å². The van der Waals surface area contributed by atoms with Crippen molar-refractivity contribution in [3.05, 3.63) is 11.0 Å². The molecule has 164 valence electrons. The predicted octanol–water partition coefficient (Wildman–Crippen LogP) is 5.66. The van der Waals surface area contributed by atoms with Crippen LogP contribution in [0.25, 0.3) is 10.9 Å². The molecule has 0 saturated heterocycles. The van der Waals surface area contributed by atoms with Crippen molar-refractivity contribution in [2.75, 3.05) is 11.6 Å². The van der Waals surface area contributed by atoms with Gasteiger partial charge in [0.25, 0.3) is 0 Å². The molecule has 0 amide bonds. The molecule has 3 atom stereocenters. The Hall–Kier alpha value is -1.16. The molecule has 30 heavy (non-hydrogen) atoms. The van der Waals surface area contributed by atoms with Crippen LogP contribution in [0.4, 0.5) is 10.2 Å². The average Bonchev–Trinajstić information content (AvgIpc) is 2.82. The number of ether oxygens (including phenoxy) is 1. The maximum atomic E-state index is 14.8. The molecule has 2 aromatic heterocycles. The van der Waals surface area contributed by atoms with Crippen LogP contribution in [-0.2, 0) is 4.43 Å². The summed E-state index contributed by atoms with van der Waals surface area (Å²) in [6, 6.07) is -0.114. The Balaban J connectivity index is 1.79. The van der Waals surface area contributed by atoms with Crippen LogP contribution >= 0.6 is 23.4 Å². The molecule has 1 aliphatic heterocycles. The molecular formula is C20H28ClFN4O2SSi. The fourth-order valence-corrected chi connectivity index (χ4v) is 5.71. The van der Waals surface area contributed by atoms with Crippen molar-refractivity contribution in [3.63, 3.8) is 0 Å². The molecule has 10 heteroatoms. The summed E-state index contributed by atoms with van der Waals surface area (Å²) in [5.74, 6) is 0.159. The number of hydrogen-bond donors (Lipinski definition) is 1. The molecule has 0 unspecified atom stereocenters. The number of rotatable bonds is 3. The third-order valence-electron chi connectivity index (χ3n) is 6.47. The lowest BCUT2D eigenvalue weighted by molar-refractivity contribution is 0.0453. The lowest BCUT2D eigenvalue weighted by atomic mass is 9.90. The van der Waals surface area contributed by atoms with Crippen molar-refractivity contribution in [1.82, 2.24) is 15.0 Å². The van der Waals surface area contributed by atoms with Crippen molar-refractivity contribution >= 4 is 48.4 Å². The Bertz CT molecular complexity index is 988. The first-order valence-corrected chi connectivity index (χ1v) is 14.7. The van der Waals surface area contributed by atoms with E-state index in [0.29, 0.717) is 16.4 Å². The summed E-state index contributed by atoms with van der Waals surface area (Å²) in [6.45, 7) is 11.2. The maximum Gasteiger partial charge on any atom is 0.228 e. The zero-order valence-corrected chi connectivity index (χ0v) is 20.7. The highest BCUT2D eigenvalue weighted by Gasteiger charge is 2.45. The molecule has 1 N–H and O–H groups in total. The third kappa shape index (κ3) is 3.78. The van der Waals surface area contributed by atoms with Crippen molar-refractivity contribution in [3.8, 4) is 5.88 Å². The van der Waals surface area contributed by atoms with Crippen molar-refractivity contribution < 1.29 is 13.6 Å². The van der Waals surface area contributed by atoms with Gasteiger partial charge in [0.15, 0.2) is 24.4 Å². The molecule has 4 rings (SSSR count). The molecular weight excluding hydrogens is 443 g/mol. The van der Waals surface area contributed by atoms with Crippen LogP contribution in [0.1, 0.15) is 40.0 Å². The van der Waals surface area contributed by atoms with Gasteiger partial charge in [-0.3, -0.25) is 0 Å². The predicted molar refractivity (Wildman–Crippen MR) is 122 cm³/mol. The largest absolute Gasteiger partial charge is 0.471 e. The van der Waals surface area contributed by atoms with E-state index in [1.54, 1.807) is 0 Å². The SMILES string of the molecule is CSc1nc2c3c(nc(Cl)c(F)c3n1)O[C@@H]1CCC[C@H](O[Si](C)(C)C(C)(C)C)[C@H]1N2. The standard InChI is InChI=1S/C20H28ClFN4O2SSi/c1-20(2,3)30(5,6)28-11-9-7-8-10-14(11)23-17-12-15(24-19(26-17)29-4)13(22)16(21)25-18(12)27-10/h10-11,14H,7-9H2,1-6H3,(H,23,24,26)/t10-,11+,14+/m1/s1. The summed E-state index contributed by atoms with van der Waals surface area (Å²) < 4.78 is 27.9. The zero-order valence-electron chi connectivity index (χ0n) is 18.2. The molecule has 1 fully saturated rings. The first-order chi connectivity index (χ1) is 14.0. The van der Waals surface area contributed by atoms with E-state index in [-0.39, 0.29) is 39.8 Å². The molecule has 1 saturated carbocycles. The van der Waals surface area contributed by atoms with Crippen LogP contribution < -0.4 is 10.1 Å². The van der Waals surface area contributed by atoms with Crippen LogP contribution in [0, 0.1) is 5.82 Å². The lowest BCUT2D eigenvalue weighted by Gasteiger charge is -2.44. The van der Waals surface area contributed by atoms with E-state index in [1.807, 2.05) is 6.26 Å². The summed E-state index contributed by atoms with van der Waals surface area (Å²) in [7, 11) is -1.99. The van der Waals surface area contributed by atoms with Gasteiger partial charge in [-0.1, -0.05) is 44.1 Å². The summed E-state index contributed by atoms with van der Waals surface area (Å²) >= 11 is 7.42. The van der Waals surface area contributed by atoms with E-state index in [1.165, 1.54) is 11.8 Å². The topological polar surface area (TPSA) is 69.2 Å². The average molecular weight is 471 g/mol. The number of pyridine rings is 1. The quantitative estimate of drug-likeness (QED) is 0.269. The number of fused-ring (bicyclic) bond motifs is 1. The smallest absolute Gasteiger partial charge is 0.228 e. The van der Waals surface area contributed by atoms with E-state index in [4.69, 9.17) is 20.8 Å². The van der Waals surface area contributed by atoms with E-state index < -0.39 is 14.1 Å². The molecule has 3 heterocycles. The highest BCUT2D eigenvalue weighted by Crippen LogP contribution is 2.43. The summed E-state index contributed by atoms with van der Waals surface area (Å²) in [5.41, 5.74) is 0.132. The van der Waals surface area contributed by atoms with Crippen molar-refractivity contribution in [2.45, 2.75) is 81.6 Å². The second kappa shape index (κ2) is 7.76. The highest BCUT2D eigenvalue weighted by atomic mass is 35.5. The summed E-state index contributed by atoms with van der Waals surface area (Å²) in [6.07, 6.45) is 4.43. The Kier molecular flexibility index (Phi) is 5.70. The number of aromatic nitrogens is 3. The minimum atomic E-state index is -1.99. The molecule has 0 bridgehead atoms. The zero-order chi connectivity index (χ0) is 21.8. The normalized spacial score (nSPS) is 24.1. The van der Waals surface area contributed by atoms with Gasteiger partial charge in [-0.05, 0) is 43.7 Å². The van der Waals surface area contributed by atoms with E-state index in [2.05, 4.69) is 54.1 Å². The van der Waals surface area contributed by atoms with Gasteiger partial charge in [0, 0.05) is 0 Å². The lowest BCUT2D eigenvalue weighted by Crippen LogP contribution is -2.55. The monoisotopic (exact) mass is 470 g/mol. The Labute approximate surface area is 186 Å². The summed E-state index contributed by atoms with van der Waals surface area (Å²) in [5, 5.41) is 4.29. The van der Waals surface area contributed by atoms with E-state index in [9.17, 15) is 4.39 Å². The molecule has 1 aliphatic carbocycles. The van der Waals surface area contributed by atoms with Gasteiger partial charge in [0.2, 0.25) is 5.88 Å². The maximum absolute atomic E-state index is 14.8. The molecule has 2 aliphatic rings. The van der Waals surface area contributed by atoms with Crippen molar-refractivity contribution in [1.29, 1.82) is 0 Å². The minimum absolute atomic E-state index is 0.0259. The number of nitrogens with one attached hydrogen (secondary N) is 1. The van der Waals surface area contributed by atoms with Gasteiger partial charge in [0.05, 0.1) is 12.1 Å². The van der Waals surface area contributed by atoms with E-state index in [0.717, 1.165) is 19.3 Å². The van der Waals surface area contributed by atoms with Crippen LogP contribution in [-0.4, -0.2) is 47.8 Å². The number of hydrogen-bond acceptors (Lipinski definition) is 7. The molecule has 0 aromatic carbocycles. The first-order valence-electron chi connectivity index (χ1n) is 10.2. The van der Waals surface area contributed by atoms with Gasteiger partial charge in [0.1, 0.15) is 22.8 Å². The fraction of sp³-hybridized carbons (Fsp3) is 0.650. The fourth-order valence-electron chi connectivity index (χ4n) is 3.80. The molecule has 2 aromatic rings. The Morgan fingerprint density at radius 3 is 2.63 bits per heavy atom. The number of halogens is 2. The summed E-state index contributed by atoms with van der Waals surface area (Å²) in [4.78, 5) is 13.1. The number of thioether (sulfide) groups is 1. The van der Waals surface area contributed by atoms with Crippen LogP contribution in [0.2, 0.25) is 23.3 Å². The minimum Gasteiger partial charge on any atom is -0.471 e. The highest BCUT2D eigenvalue weighted by molar-refractivity contribution is 7.98. The molecule has 0 spiro atoms. The second-order valence-corrected chi connectivity index (χ2v) is 15.4. The van der Waals surface area contributed by atoms with Crippen molar-refractivity contribution in [2.24, 2.45) is 0 Å². The van der Waals surface area contributed by atoms with Gasteiger partial charge in [-0.2, -0.15) is 4.98 Å². The number of nitrogens with zero attached hydrogens (tertiary/aromatic N) is 3. The van der Waals surface area contributed by atoms with E-state index >= 15 is 0 Å². The molecule has 6 nitrogen and oxygen atoms in total. The first kappa shape index (κ1) is 22.0. The van der Waals surface area contributed by atoms with Gasteiger partial charge in [-0.15, -0.1) is 0 Å². The third-order valence-corrected chi connectivity index (χ3v) is 11.8. The molecule has 0 radical (unpaired) electrons.